The van der Waals surface area contributed by atoms with Gasteiger partial charge in [-0.05, 0) is 25.0 Å². The average molecular weight is 368 g/mol. The van der Waals surface area contributed by atoms with E-state index in [-0.39, 0.29) is 17.0 Å². The van der Waals surface area contributed by atoms with Crippen molar-refractivity contribution < 1.29 is 19.1 Å². The second kappa shape index (κ2) is 10.4. The zero-order chi connectivity index (χ0) is 14.1. The maximum atomic E-state index is 10.8. The topological polar surface area (TPSA) is 92.8 Å². The molecule has 0 radical (unpaired) electrons. The minimum absolute atomic E-state index is 0. The molecule has 0 amide bonds. The third kappa shape index (κ3) is 8.72. The molecule has 20 heavy (non-hydrogen) atoms. The molecule has 0 spiro atoms. The molecule has 1 unspecified atom stereocenters. The molecule has 0 bridgehead atoms. The molecule has 0 saturated carbocycles. The van der Waals surface area contributed by atoms with Gasteiger partial charge in [-0.15, -0.1) is 17.0 Å². The SMILES string of the molecule is Br.NC(CCCCCCOc1ccccc1)P(=O)(O)O. The van der Waals surface area contributed by atoms with Crippen LogP contribution >= 0.6 is 24.6 Å². The van der Waals surface area contributed by atoms with Crippen molar-refractivity contribution in [2.45, 2.75) is 37.9 Å². The van der Waals surface area contributed by atoms with Crippen molar-refractivity contribution in [2.75, 3.05) is 6.61 Å². The molecular weight excluding hydrogens is 345 g/mol. The van der Waals surface area contributed by atoms with E-state index < -0.39 is 13.4 Å². The van der Waals surface area contributed by atoms with Gasteiger partial charge in [-0.2, -0.15) is 0 Å². The molecule has 7 heteroatoms. The lowest BCUT2D eigenvalue weighted by Gasteiger charge is -2.12. The molecule has 5 nitrogen and oxygen atoms in total. The Hall–Kier alpha value is -0.390. The molecule has 1 atom stereocenters. The molecular formula is C13H23BrNO4P. The summed E-state index contributed by atoms with van der Waals surface area (Å²) in [6.45, 7) is 0.661. The number of ether oxygens (including phenoxy) is 1. The first kappa shape index (κ1) is 19.6. The lowest BCUT2D eigenvalue weighted by molar-refractivity contribution is 0.303. The van der Waals surface area contributed by atoms with Crippen LogP contribution in [0.2, 0.25) is 0 Å². The van der Waals surface area contributed by atoms with Gasteiger partial charge in [-0.1, -0.05) is 37.5 Å². The van der Waals surface area contributed by atoms with Gasteiger partial charge < -0.3 is 20.3 Å². The van der Waals surface area contributed by atoms with Gasteiger partial charge in [0.1, 0.15) is 11.5 Å². The summed E-state index contributed by atoms with van der Waals surface area (Å²) < 4.78 is 16.3. The zero-order valence-corrected chi connectivity index (χ0v) is 14.0. The molecule has 0 aliphatic rings. The number of unbranched alkanes of at least 4 members (excludes halogenated alkanes) is 3. The van der Waals surface area contributed by atoms with Crippen molar-refractivity contribution in [2.24, 2.45) is 5.73 Å². The fraction of sp³-hybridized carbons (Fsp3) is 0.538. The summed E-state index contributed by atoms with van der Waals surface area (Å²) in [6.07, 6.45) is 3.91. The number of para-hydroxylation sites is 1. The molecule has 0 aliphatic heterocycles. The van der Waals surface area contributed by atoms with Crippen molar-refractivity contribution in [3.63, 3.8) is 0 Å². The first-order valence-electron chi connectivity index (χ1n) is 6.49. The van der Waals surface area contributed by atoms with Crippen LogP contribution in [-0.4, -0.2) is 22.2 Å². The Labute approximate surface area is 130 Å². The van der Waals surface area contributed by atoms with Crippen molar-refractivity contribution in [1.29, 1.82) is 0 Å². The van der Waals surface area contributed by atoms with Crippen LogP contribution in [0, 0.1) is 0 Å². The molecule has 4 N–H and O–H groups in total. The second-order valence-electron chi connectivity index (χ2n) is 4.52. The number of rotatable bonds is 9. The number of hydrogen-bond acceptors (Lipinski definition) is 3. The smallest absolute Gasteiger partial charge is 0.342 e. The Balaban J connectivity index is 0.00000361. The van der Waals surface area contributed by atoms with Crippen LogP contribution in [-0.2, 0) is 4.57 Å². The number of halogens is 1. The predicted octanol–water partition coefficient (Wildman–Crippen LogP) is 3.06. The van der Waals surface area contributed by atoms with Crippen LogP contribution in [0.25, 0.3) is 0 Å². The van der Waals surface area contributed by atoms with Crippen molar-refractivity contribution >= 4 is 24.6 Å². The van der Waals surface area contributed by atoms with E-state index in [1.54, 1.807) is 0 Å². The molecule has 1 aromatic carbocycles. The predicted molar refractivity (Wildman–Crippen MR) is 85.4 cm³/mol. The van der Waals surface area contributed by atoms with Crippen molar-refractivity contribution in [1.82, 2.24) is 0 Å². The summed E-state index contributed by atoms with van der Waals surface area (Å²) >= 11 is 0. The van der Waals surface area contributed by atoms with Crippen LogP contribution in [0.5, 0.6) is 5.75 Å². The van der Waals surface area contributed by atoms with Gasteiger partial charge in [0, 0.05) is 0 Å². The van der Waals surface area contributed by atoms with Gasteiger partial charge in [0.2, 0.25) is 0 Å². The molecule has 1 aromatic rings. The van der Waals surface area contributed by atoms with Gasteiger partial charge in [-0.25, -0.2) is 0 Å². The normalized spacial score (nSPS) is 12.6. The van der Waals surface area contributed by atoms with Gasteiger partial charge in [0.25, 0.3) is 0 Å². The Morgan fingerprint density at radius 2 is 1.70 bits per heavy atom. The fourth-order valence-electron chi connectivity index (χ4n) is 1.68. The summed E-state index contributed by atoms with van der Waals surface area (Å²) in [6, 6.07) is 9.63. The highest BCUT2D eigenvalue weighted by molar-refractivity contribution is 8.93. The molecule has 1 rings (SSSR count). The lowest BCUT2D eigenvalue weighted by Crippen LogP contribution is -2.19. The Kier molecular flexibility index (Phi) is 10.2. The first-order chi connectivity index (χ1) is 9.00. The average Bonchev–Trinajstić information content (AvgIpc) is 2.37. The van der Waals surface area contributed by atoms with Gasteiger partial charge in [0.05, 0.1) is 6.61 Å². The fourth-order valence-corrected chi connectivity index (χ4v) is 2.20. The maximum absolute atomic E-state index is 10.8. The third-order valence-electron chi connectivity index (χ3n) is 2.84. The van der Waals surface area contributed by atoms with E-state index in [1.165, 1.54) is 0 Å². The van der Waals surface area contributed by atoms with Gasteiger partial charge in [0.15, 0.2) is 0 Å². The lowest BCUT2D eigenvalue weighted by atomic mass is 10.1. The first-order valence-corrected chi connectivity index (χ1v) is 8.17. The largest absolute Gasteiger partial charge is 0.494 e. The van der Waals surface area contributed by atoms with Crippen LogP contribution < -0.4 is 10.5 Å². The van der Waals surface area contributed by atoms with E-state index in [0.717, 1.165) is 31.4 Å². The minimum atomic E-state index is -4.11. The van der Waals surface area contributed by atoms with E-state index in [0.29, 0.717) is 13.0 Å². The van der Waals surface area contributed by atoms with Gasteiger partial charge >= 0.3 is 7.60 Å². The highest BCUT2D eigenvalue weighted by atomic mass is 79.9. The molecule has 0 fully saturated rings. The van der Waals surface area contributed by atoms with E-state index in [4.69, 9.17) is 20.3 Å². The quantitative estimate of drug-likeness (QED) is 0.460. The van der Waals surface area contributed by atoms with Crippen LogP contribution in [0.4, 0.5) is 0 Å². The summed E-state index contributed by atoms with van der Waals surface area (Å²) in [5, 5.41) is 0. The second-order valence-corrected chi connectivity index (χ2v) is 6.36. The highest BCUT2D eigenvalue weighted by Gasteiger charge is 2.23. The van der Waals surface area contributed by atoms with E-state index in [9.17, 15) is 4.57 Å². The molecule has 0 heterocycles. The summed E-state index contributed by atoms with van der Waals surface area (Å²) in [7, 11) is -4.11. The summed E-state index contributed by atoms with van der Waals surface area (Å²) in [5.74, 6) is -0.154. The Morgan fingerprint density at radius 1 is 1.10 bits per heavy atom. The zero-order valence-electron chi connectivity index (χ0n) is 11.4. The monoisotopic (exact) mass is 367 g/mol. The van der Waals surface area contributed by atoms with Crippen LogP contribution in [0.1, 0.15) is 32.1 Å². The standard InChI is InChI=1S/C13H22NO4P.BrH/c14-13(19(15,16)17)10-6-1-2-7-11-18-12-8-4-3-5-9-12;/h3-5,8-9,13H,1-2,6-7,10-11,14H2,(H2,15,16,17);1H. The summed E-state index contributed by atoms with van der Waals surface area (Å²) in [5.41, 5.74) is 5.38. The number of benzene rings is 1. The van der Waals surface area contributed by atoms with E-state index in [2.05, 4.69) is 0 Å². The highest BCUT2D eigenvalue weighted by Crippen LogP contribution is 2.40. The van der Waals surface area contributed by atoms with Crippen molar-refractivity contribution in [3.05, 3.63) is 30.3 Å². The maximum Gasteiger partial charge on any atom is 0.342 e. The molecule has 0 aromatic heterocycles. The van der Waals surface area contributed by atoms with E-state index in [1.807, 2.05) is 30.3 Å². The van der Waals surface area contributed by atoms with Crippen LogP contribution in [0.15, 0.2) is 30.3 Å². The molecule has 116 valence electrons. The summed E-state index contributed by atoms with van der Waals surface area (Å²) in [4.78, 5) is 17.6. The number of hydrogen-bond donors (Lipinski definition) is 3. The van der Waals surface area contributed by atoms with Gasteiger partial charge in [-0.3, -0.25) is 4.57 Å². The Bertz CT molecular complexity index is 399. The van der Waals surface area contributed by atoms with E-state index >= 15 is 0 Å². The van der Waals surface area contributed by atoms with Crippen LogP contribution in [0.3, 0.4) is 0 Å². The number of nitrogens with two attached hydrogens (primary N) is 1. The molecule has 0 aliphatic carbocycles. The molecule has 0 saturated heterocycles. The van der Waals surface area contributed by atoms with Crippen molar-refractivity contribution in [3.8, 4) is 5.75 Å². The minimum Gasteiger partial charge on any atom is -0.494 e. The third-order valence-corrected chi connectivity index (χ3v) is 3.96. The Morgan fingerprint density at radius 3 is 2.30 bits per heavy atom.